The first kappa shape index (κ1) is 20.5. The zero-order valence-corrected chi connectivity index (χ0v) is 14.9. The lowest BCUT2D eigenvalue weighted by atomic mass is 10.2. The Balaban J connectivity index is 0.00000312. The number of carbonyl (C=O) groups is 1. The fourth-order valence-corrected chi connectivity index (χ4v) is 1.93. The predicted molar refractivity (Wildman–Crippen MR) is 91.0 cm³/mol. The lowest BCUT2D eigenvalue weighted by Crippen LogP contribution is -3.00. The minimum Gasteiger partial charge on any atom is -1.00 e. The van der Waals surface area contributed by atoms with E-state index < -0.39 is 6.09 Å². The van der Waals surface area contributed by atoms with Gasteiger partial charge in [-0.3, -0.25) is 5.32 Å². The minimum atomic E-state index is -0.545. The van der Waals surface area contributed by atoms with Crippen LogP contribution >= 0.6 is 0 Å². The zero-order chi connectivity index (χ0) is 17.5. The highest BCUT2D eigenvalue weighted by molar-refractivity contribution is 5.87. The van der Waals surface area contributed by atoms with Gasteiger partial charge >= 0.3 is 6.09 Å². The highest BCUT2D eigenvalue weighted by Gasteiger charge is 2.12. The maximum absolute atomic E-state index is 12.9. The van der Waals surface area contributed by atoms with Gasteiger partial charge in [-0.15, -0.1) is 0 Å². The number of nitrogens with one attached hydrogen (secondary N) is 3. The number of carbonyl (C=O) groups excluding carboxylic acids is 1. The molecule has 0 saturated carbocycles. The molecule has 0 spiro atoms. The van der Waals surface area contributed by atoms with Gasteiger partial charge in [0.05, 0.1) is 6.54 Å². The Hall–Kier alpha value is -2.54. The third-order valence-corrected chi connectivity index (χ3v) is 3.49. The number of hydrogen-bond acceptors (Lipinski definition) is 4. The lowest BCUT2D eigenvalue weighted by Gasteiger charge is -2.12. The first-order chi connectivity index (χ1) is 11.5. The Bertz CT molecular complexity index is 698. The van der Waals surface area contributed by atoms with Gasteiger partial charge in [0.25, 0.3) is 0 Å². The summed E-state index contributed by atoms with van der Waals surface area (Å²) in [5, 5.41) is 5.74. The van der Waals surface area contributed by atoms with Crippen molar-refractivity contribution < 1.29 is 31.3 Å². The van der Waals surface area contributed by atoms with Gasteiger partial charge in [0.1, 0.15) is 17.6 Å². The summed E-state index contributed by atoms with van der Waals surface area (Å²) in [6.07, 6.45) is 0.0321. The van der Waals surface area contributed by atoms with Crippen LogP contribution in [0.15, 0.2) is 36.4 Å². The van der Waals surface area contributed by atoms with Crippen molar-refractivity contribution in [3.8, 4) is 0 Å². The van der Waals surface area contributed by atoms with Crippen LogP contribution in [0.4, 0.5) is 26.5 Å². The number of benzene rings is 1. The smallest absolute Gasteiger partial charge is 0.412 e. The van der Waals surface area contributed by atoms with Crippen molar-refractivity contribution in [2.75, 3.05) is 16.4 Å². The molecule has 0 bridgehead atoms. The molecule has 1 amide bonds. The molecule has 2 aromatic rings. The molecule has 0 saturated heterocycles. The van der Waals surface area contributed by atoms with Crippen LogP contribution in [0.3, 0.4) is 0 Å². The Kier molecular flexibility index (Phi) is 7.94. The van der Waals surface area contributed by atoms with Crippen LogP contribution in [-0.4, -0.2) is 12.2 Å². The van der Waals surface area contributed by atoms with Gasteiger partial charge in [0, 0.05) is 6.07 Å². The van der Waals surface area contributed by atoms with Crippen molar-refractivity contribution in [1.82, 2.24) is 0 Å². The summed E-state index contributed by atoms with van der Waals surface area (Å²) in [7, 11) is 0. The predicted octanol–water partition coefficient (Wildman–Crippen LogP) is 0.185. The van der Waals surface area contributed by atoms with Gasteiger partial charge in [-0.25, -0.2) is 14.2 Å². The summed E-state index contributed by atoms with van der Waals surface area (Å²) in [5.41, 5.74) is 7.28. The van der Waals surface area contributed by atoms with Gasteiger partial charge in [-0.05, 0) is 37.1 Å². The molecule has 1 heterocycles. The minimum absolute atomic E-state index is 0. The number of aromatic nitrogens is 1. The average molecular weight is 369 g/mol. The maximum atomic E-state index is 12.9. The van der Waals surface area contributed by atoms with Crippen LogP contribution in [0.1, 0.15) is 25.8 Å². The Morgan fingerprint density at radius 1 is 1.28 bits per heavy atom. The number of rotatable bonds is 6. The molecule has 0 aliphatic carbocycles. The lowest BCUT2D eigenvalue weighted by molar-refractivity contribution is -0.342. The highest BCUT2D eigenvalue weighted by Crippen LogP contribution is 2.16. The van der Waals surface area contributed by atoms with Crippen LogP contribution < -0.4 is 33.8 Å². The number of halogens is 2. The van der Waals surface area contributed by atoms with Gasteiger partial charge in [-0.2, -0.15) is 0 Å². The fourth-order valence-electron chi connectivity index (χ4n) is 1.93. The third-order valence-electron chi connectivity index (χ3n) is 3.49. The van der Waals surface area contributed by atoms with Crippen LogP contribution in [-0.2, 0) is 11.3 Å². The monoisotopic (exact) mass is 368 g/mol. The molecule has 1 atom stereocenters. The number of ether oxygens (including phenoxy) is 1. The maximum Gasteiger partial charge on any atom is 0.412 e. The van der Waals surface area contributed by atoms with Crippen molar-refractivity contribution in [3.05, 3.63) is 47.8 Å². The summed E-state index contributed by atoms with van der Waals surface area (Å²) in [6, 6.07) is 9.64. The Morgan fingerprint density at radius 3 is 2.56 bits per heavy atom. The van der Waals surface area contributed by atoms with Crippen molar-refractivity contribution >= 4 is 23.4 Å². The van der Waals surface area contributed by atoms with Crippen molar-refractivity contribution in [2.45, 2.75) is 32.9 Å². The molecule has 5 N–H and O–H groups in total. The molecule has 25 heavy (non-hydrogen) atoms. The van der Waals surface area contributed by atoms with Crippen LogP contribution in [0.2, 0.25) is 0 Å². The quantitative estimate of drug-likeness (QED) is 0.678. The molecular weight excluding hydrogens is 347 g/mol. The van der Waals surface area contributed by atoms with E-state index in [0.29, 0.717) is 23.9 Å². The Labute approximate surface area is 152 Å². The van der Waals surface area contributed by atoms with E-state index in [1.54, 1.807) is 24.3 Å². The first-order valence-electron chi connectivity index (χ1n) is 7.75. The number of anilines is 3. The van der Waals surface area contributed by atoms with Crippen LogP contribution in [0.5, 0.6) is 0 Å². The molecule has 0 aliphatic rings. The zero-order valence-electron chi connectivity index (χ0n) is 14.1. The Morgan fingerprint density at radius 2 is 1.96 bits per heavy atom. The number of nitrogens with two attached hydrogens (primary N) is 1. The second-order valence-corrected chi connectivity index (χ2v) is 5.43. The van der Waals surface area contributed by atoms with E-state index >= 15 is 0 Å². The topological polar surface area (TPSA) is 90.5 Å². The van der Waals surface area contributed by atoms with Gasteiger partial charge < -0.3 is 28.2 Å². The molecule has 1 aromatic heterocycles. The number of aromatic amines is 1. The second kappa shape index (κ2) is 9.68. The summed E-state index contributed by atoms with van der Waals surface area (Å²) in [6.45, 7) is 4.26. The molecule has 1 aromatic carbocycles. The summed E-state index contributed by atoms with van der Waals surface area (Å²) >= 11 is 0. The van der Waals surface area contributed by atoms with E-state index in [1.165, 1.54) is 12.1 Å². The molecule has 6 nitrogen and oxygen atoms in total. The van der Waals surface area contributed by atoms with Crippen LogP contribution in [0, 0.1) is 5.82 Å². The van der Waals surface area contributed by atoms with Crippen molar-refractivity contribution in [1.29, 1.82) is 0 Å². The summed E-state index contributed by atoms with van der Waals surface area (Å²) in [4.78, 5) is 14.7. The van der Waals surface area contributed by atoms with Crippen LogP contribution in [0.25, 0.3) is 0 Å². The molecule has 0 radical (unpaired) electrons. The van der Waals surface area contributed by atoms with Gasteiger partial charge in [0.2, 0.25) is 11.6 Å². The highest BCUT2D eigenvalue weighted by atomic mass is 35.5. The number of pyridine rings is 1. The van der Waals surface area contributed by atoms with E-state index in [2.05, 4.69) is 15.6 Å². The number of H-pyrrole nitrogens is 1. The first-order valence-corrected chi connectivity index (χ1v) is 7.75. The molecule has 0 aliphatic heterocycles. The molecule has 0 fully saturated rings. The summed E-state index contributed by atoms with van der Waals surface area (Å²) < 4.78 is 18.0. The van der Waals surface area contributed by atoms with E-state index in [4.69, 9.17) is 10.5 Å². The van der Waals surface area contributed by atoms with Gasteiger partial charge in [-0.1, -0.05) is 19.1 Å². The van der Waals surface area contributed by atoms with Crippen molar-refractivity contribution in [3.63, 3.8) is 0 Å². The molecular formula is C17H22ClFN4O2. The van der Waals surface area contributed by atoms with E-state index in [1.807, 2.05) is 13.8 Å². The molecule has 2 rings (SSSR count). The van der Waals surface area contributed by atoms with Gasteiger partial charge in [0.15, 0.2) is 0 Å². The standard InChI is InChI=1S/C17H21FN4O2.ClH/c1-3-11(2)24-17(23)21-14-8-9-15(22-16(14)19)20-10-12-4-6-13(18)7-5-12;/h4-9,11H,3,10H2,1-2H3,(H,21,23)(H3,19,20,22);1H. The summed E-state index contributed by atoms with van der Waals surface area (Å²) in [5.74, 6) is 0.715. The number of hydrogen-bond donors (Lipinski definition) is 3. The molecule has 1 unspecified atom stereocenters. The van der Waals surface area contributed by atoms with E-state index in [9.17, 15) is 9.18 Å². The number of amides is 1. The van der Waals surface area contributed by atoms with E-state index in [0.717, 1.165) is 12.0 Å². The average Bonchev–Trinajstić information content (AvgIpc) is 2.56. The largest absolute Gasteiger partial charge is 1.00 e. The van der Waals surface area contributed by atoms with Crippen molar-refractivity contribution in [2.24, 2.45) is 0 Å². The SMILES string of the molecule is CCC(C)OC(=O)Nc1ccc(NCc2ccc(F)cc2)[nH+]c1N.[Cl-]. The second-order valence-electron chi connectivity index (χ2n) is 5.43. The number of nitrogen functional groups attached to an aromatic ring is 1. The molecule has 136 valence electrons. The fraction of sp³-hybridized carbons (Fsp3) is 0.294. The third kappa shape index (κ3) is 6.46. The molecule has 8 heteroatoms. The van der Waals surface area contributed by atoms with E-state index in [-0.39, 0.29) is 24.3 Å². The normalized spacial score (nSPS) is 11.2.